The van der Waals surface area contributed by atoms with Gasteiger partial charge in [-0.05, 0) is 20.8 Å². The second kappa shape index (κ2) is 7.51. The van der Waals surface area contributed by atoms with E-state index in [4.69, 9.17) is 5.73 Å². The minimum atomic E-state index is -2.51. The highest BCUT2D eigenvalue weighted by Gasteiger charge is 2.18. The van der Waals surface area contributed by atoms with Gasteiger partial charge in [0.15, 0.2) is 5.13 Å². The van der Waals surface area contributed by atoms with Crippen molar-refractivity contribution >= 4 is 28.2 Å². The fourth-order valence-electron chi connectivity index (χ4n) is 1.36. The summed E-state index contributed by atoms with van der Waals surface area (Å²) in [4.78, 5) is 16.3. The molecule has 120 valence electrons. The summed E-state index contributed by atoms with van der Waals surface area (Å²) in [6.45, 7) is 5.39. The lowest BCUT2D eigenvalue weighted by molar-refractivity contribution is 0.0188. The molecule has 1 rings (SSSR count). The van der Waals surface area contributed by atoms with Crippen LogP contribution >= 0.6 is 11.3 Å². The van der Waals surface area contributed by atoms with Gasteiger partial charge in [-0.25, -0.2) is 13.8 Å². The fraction of sp³-hybridized carbons (Fsp3) is 0.667. The Labute approximate surface area is 126 Å². The third-order valence-corrected chi connectivity index (χ3v) is 3.10. The molecule has 21 heavy (non-hydrogen) atoms. The lowest BCUT2D eigenvalue weighted by Gasteiger charge is -2.19. The second-order valence-electron chi connectivity index (χ2n) is 5.33. The zero-order chi connectivity index (χ0) is 16.0. The standard InChI is InChI=1S/C12H20F2N4O2S/c1-12(2,3)18-11-17-9(15)8(21-11)10(19)16-4-5-20-6-7(13)14/h7H,4-6,15H2,1-3H3,(H,16,19)(H,17,18). The average Bonchev–Trinajstić information content (AvgIpc) is 2.66. The second-order valence-corrected chi connectivity index (χ2v) is 6.33. The molecule has 0 aliphatic carbocycles. The van der Waals surface area contributed by atoms with Gasteiger partial charge in [0.2, 0.25) is 0 Å². The summed E-state index contributed by atoms with van der Waals surface area (Å²) in [7, 11) is 0. The topological polar surface area (TPSA) is 89.3 Å². The van der Waals surface area contributed by atoms with Gasteiger partial charge in [-0.15, -0.1) is 0 Å². The summed E-state index contributed by atoms with van der Waals surface area (Å²) in [6, 6.07) is 0. The van der Waals surface area contributed by atoms with Gasteiger partial charge in [-0.3, -0.25) is 4.79 Å². The molecule has 6 nitrogen and oxygen atoms in total. The van der Waals surface area contributed by atoms with Crippen LogP contribution in [0.1, 0.15) is 30.4 Å². The van der Waals surface area contributed by atoms with Crippen LogP contribution in [0.5, 0.6) is 0 Å². The van der Waals surface area contributed by atoms with E-state index in [0.717, 1.165) is 11.3 Å². The third kappa shape index (κ3) is 6.67. The van der Waals surface area contributed by atoms with Gasteiger partial charge in [-0.2, -0.15) is 0 Å². The number of hydrogen-bond donors (Lipinski definition) is 3. The number of ether oxygens (including phenoxy) is 1. The molecule has 0 fully saturated rings. The van der Waals surface area contributed by atoms with Crippen molar-refractivity contribution in [2.75, 3.05) is 30.8 Å². The molecule has 0 unspecified atom stereocenters. The molecule has 0 aromatic carbocycles. The van der Waals surface area contributed by atoms with Crippen LogP contribution < -0.4 is 16.4 Å². The molecule has 0 bridgehead atoms. The fourth-order valence-corrected chi connectivity index (χ4v) is 2.37. The largest absolute Gasteiger partial charge is 0.382 e. The van der Waals surface area contributed by atoms with Crippen molar-refractivity contribution in [3.63, 3.8) is 0 Å². The first-order valence-corrected chi connectivity index (χ1v) is 7.19. The Balaban J connectivity index is 2.47. The molecule has 1 amide bonds. The van der Waals surface area contributed by atoms with E-state index >= 15 is 0 Å². The molecule has 0 aliphatic heterocycles. The number of thiazole rings is 1. The van der Waals surface area contributed by atoms with Gasteiger partial charge < -0.3 is 21.1 Å². The third-order valence-electron chi connectivity index (χ3n) is 2.12. The maximum atomic E-state index is 11.9. The first-order valence-electron chi connectivity index (χ1n) is 6.37. The van der Waals surface area contributed by atoms with E-state index in [1.54, 1.807) is 0 Å². The Morgan fingerprint density at radius 2 is 2.14 bits per heavy atom. The van der Waals surface area contributed by atoms with Gasteiger partial charge >= 0.3 is 0 Å². The molecule has 0 atom stereocenters. The first kappa shape index (κ1) is 17.6. The predicted molar refractivity (Wildman–Crippen MR) is 79.1 cm³/mol. The minimum absolute atomic E-state index is 0.0158. The van der Waals surface area contributed by atoms with Crippen LogP contribution in [0.3, 0.4) is 0 Å². The van der Waals surface area contributed by atoms with Crippen molar-refractivity contribution in [3.05, 3.63) is 4.88 Å². The van der Waals surface area contributed by atoms with Crippen molar-refractivity contribution in [3.8, 4) is 0 Å². The SMILES string of the molecule is CC(C)(C)Nc1nc(N)c(C(=O)NCCOCC(F)F)s1. The van der Waals surface area contributed by atoms with Crippen LogP contribution in [0.15, 0.2) is 0 Å². The summed E-state index contributed by atoms with van der Waals surface area (Å²) in [5, 5.41) is 6.22. The quantitative estimate of drug-likeness (QED) is 0.668. The number of nitrogen functional groups attached to an aromatic ring is 1. The van der Waals surface area contributed by atoms with Crippen LogP contribution in [0, 0.1) is 0 Å². The van der Waals surface area contributed by atoms with Gasteiger partial charge in [0, 0.05) is 12.1 Å². The van der Waals surface area contributed by atoms with E-state index in [-0.39, 0.29) is 29.4 Å². The number of nitrogens with zero attached hydrogens (tertiary/aromatic N) is 1. The predicted octanol–water partition coefficient (Wildman–Crippen LogP) is 1.95. The number of rotatable bonds is 7. The number of halogens is 2. The molecular weight excluding hydrogens is 302 g/mol. The monoisotopic (exact) mass is 322 g/mol. The maximum Gasteiger partial charge on any atom is 0.265 e. The highest BCUT2D eigenvalue weighted by atomic mass is 32.1. The molecule has 4 N–H and O–H groups in total. The van der Waals surface area contributed by atoms with Gasteiger partial charge in [-0.1, -0.05) is 11.3 Å². The highest BCUT2D eigenvalue weighted by molar-refractivity contribution is 7.18. The van der Waals surface area contributed by atoms with E-state index in [0.29, 0.717) is 5.13 Å². The van der Waals surface area contributed by atoms with Crippen LogP contribution in [0.4, 0.5) is 19.7 Å². The Kier molecular flexibility index (Phi) is 6.28. The zero-order valence-corrected chi connectivity index (χ0v) is 13.0. The molecule has 1 heterocycles. The van der Waals surface area contributed by atoms with E-state index in [2.05, 4.69) is 20.4 Å². The number of carbonyl (C=O) groups excluding carboxylic acids is 1. The molecule has 1 aromatic heterocycles. The first-order chi connectivity index (χ1) is 9.69. The van der Waals surface area contributed by atoms with E-state index in [1.807, 2.05) is 20.8 Å². The number of nitrogens with two attached hydrogens (primary N) is 1. The van der Waals surface area contributed by atoms with E-state index in [1.165, 1.54) is 0 Å². The van der Waals surface area contributed by atoms with Crippen LogP contribution in [0.2, 0.25) is 0 Å². The van der Waals surface area contributed by atoms with Gasteiger partial charge in [0.05, 0.1) is 6.61 Å². The Morgan fingerprint density at radius 1 is 1.48 bits per heavy atom. The number of amides is 1. The Hall–Kier alpha value is -1.48. The van der Waals surface area contributed by atoms with Crippen molar-refractivity contribution in [2.45, 2.75) is 32.7 Å². The Bertz CT molecular complexity index is 474. The van der Waals surface area contributed by atoms with Crippen LogP contribution in [0.25, 0.3) is 0 Å². The normalized spacial score (nSPS) is 11.7. The number of carbonyl (C=O) groups is 1. The summed E-state index contributed by atoms with van der Waals surface area (Å²) < 4.78 is 28.3. The molecule has 0 saturated carbocycles. The average molecular weight is 322 g/mol. The molecule has 9 heteroatoms. The molecule has 0 radical (unpaired) electrons. The number of hydrogen-bond acceptors (Lipinski definition) is 6. The van der Waals surface area contributed by atoms with Crippen LogP contribution in [-0.2, 0) is 4.74 Å². The summed E-state index contributed by atoms with van der Waals surface area (Å²) in [6.07, 6.45) is -2.51. The lowest BCUT2D eigenvalue weighted by Crippen LogP contribution is -2.27. The smallest absolute Gasteiger partial charge is 0.265 e. The van der Waals surface area contributed by atoms with Crippen molar-refractivity contribution in [1.82, 2.24) is 10.3 Å². The molecule has 0 aliphatic rings. The van der Waals surface area contributed by atoms with E-state index < -0.39 is 18.9 Å². The number of alkyl halides is 2. The van der Waals surface area contributed by atoms with Crippen LogP contribution in [-0.4, -0.2) is 42.6 Å². The molecule has 0 saturated heterocycles. The van der Waals surface area contributed by atoms with Gasteiger partial charge in [0.1, 0.15) is 17.3 Å². The summed E-state index contributed by atoms with van der Waals surface area (Å²) in [5.74, 6) is -0.259. The Morgan fingerprint density at radius 3 is 2.71 bits per heavy atom. The minimum Gasteiger partial charge on any atom is -0.382 e. The van der Waals surface area contributed by atoms with E-state index in [9.17, 15) is 13.6 Å². The van der Waals surface area contributed by atoms with Crippen molar-refractivity contribution in [1.29, 1.82) is 0 Å². The molecular formula is C12H20F2N4O2S. The molecule has 1 aromatic rings. The maximum absolute atomic E-state index is 11.9. The van der Waals surface area contributed by atoms with Gasteiger partial charge in [0.25, 0.3) is 12.3 Å². The van der Waals surface area contributed by atoms with Crippen molar-refractivity contribution < 1.29 is 18.3 Å². The van der Waals surface area contributed by atoms with Crippen molar-refractivity contribution in [2.24, 2.45) is 0 Å². The number of anilines is 2. The number of aromatic nitrogens is 1. The summed E-state index contributed by atoms with van der Waals surface area (Å²) in [5.41, 5.74) is 5.51. The zero-order valence-electron chi connectivity index (χ0n) is 12.2. The number of nitrogens with one attached hydrogen (secondary N) is 2. The highest BCUT2D eigenvalue weighted by Crippen LogP contribution is 2.26. The molecule has 0 spiro atoms. The lowest BCUT2D eigenvalue weighted by atomic mass is 10.1. The summed E-state index contributed by atoms with van der Waals surface area (Å²) >= 11 is 1.14.